The van der Waals surface area contributed by atoms with Crippen LogP contribution in [0.25, 0.3) is 0 Å². The summed E-state index contributed by atoms with van der Waals surface area (Å²) in [6.45, 7) is 3.50. The lowest BCUT2D eigenvalue weighted by Crippen LogP contribution is -2.25. The number of nitrogens with zero attached hydrogens (tertiary/aromatic N) is 3. The third-order valence-electron chi connectivity index (χ3n) is 3.06. The standard InChI is InChI=1S/C11H14BrN3O2/c1-7-4-15(5-8(7)11(16)17-2)10-9(12)3-13-6-14-10/h3,6-8H,4-5H2,1-2H3. The van der Waals surface area contributed by atoms with Gasteiger partial charge in [-0.3, -0.25) is 4.79 Å². The molecule has 92 valence electrons. The van der Waals surface area contributed by atoms with Crippen molar-refractivity contribution >= 4 is 27.7 Å². The average Bonchev–Trinajstić information content (AvgIpc) is 2.71. The van der Waals surface area contributed by atoms with Crippen molar-refractivity contribution in [1.29, 1.82) is 0 Å². The number of ether oxygens (including phenoxy) is 1. The first kappa shape index (κ1) is 12.3. The minimum atomic E-state index is -0.148. The van der Waals surface area contributed by atoms with E-state index in [2.05, 4.69) is 37.7 Å². The van der Waals surface area contributed by atoms with Crippen molar-refractivity contribution in [1.82, 2.24) is 9.97 Å². The molecule has 1 aromatic rings. The number of methoxy groups -OCH3 is 1. The highest BCUT2D eigenvalue weighted by Gasteiger charge is 2.36. The Morgan fingerprint density at radius 3 is 3.00 bits per heavy atom. The fourth-order valence-corrected chi connectivity index (χ4v) is 2.61. The number of hydrogen-bond donors (Lipinski definition) is 0. The third-order valence-corrected chi connectivity index (χ3v) is 3.62. The second-order valence-corrected chi connectivity index (χ2v) is 5.06. The molecule has 2 unspecified atom stereocenters. The molecule has 1 fully saturated rings. The van der Waals surface area contributed by atoms with Crippen molar-refractivity contribution in [3.63, 3.8) is 0 Å². The van der Waals surface area contributed by atoms with E-state index in [0.717, 1.165) is 16.8 Å². The number of hydrogen-bond acceptors (Lipinski definition) is 5. The maximum atomic E-state index is 11.6. The quantitative estimate of drug-likeness (QED) is 0.774. The monoisotopic (exact) mass is 299 g/mol. The number of aromatic nitrogens is 2. The zero-order chi connectivity index (χ0) is 12.4. The van der Waals surface area contributed by atoms with Gasteiger partial charge in [-0.05, 0) is 21.8 Å². The van der Waals surface area contributed by atoms with Crippen LogP contribution in [0.4, 0.5) is 5.82 Å². The molecule has 5 nitrogen and oxygen atoms in total. The van der Waals surface area contributed by atoms with Gasteiger partial charge in [0.05, 0.1) is 17.5 Å². The Kier molecular flexibility index (Phi) is 3.61. The van der Waals surface area contributed by atoms with Crippen LogP contribution in [-0.4, -0.2) is 36.1 Å². The largest absolute Gasteiger partial charge is 0.469 e. The smallest absolute Gasteiger partial charge is 0.310 e. The molecule has 0 amide bonds. The van der Waals surface area contributed by atoms with Crippen LogP contribution in [0.5, 0.6) is 0 Å². The van der Waals surface area contributed by atoms with Crippen molar-refractivity contribution in [3.05, 3.63) is 17.0 Å². The van der Waals surface area contributed by atoms with Crippen LogP contribution in [0.2, 0.25) is 0 Å². The molecule has 1 aliphatic heterocycles. The fraction of sp³-hybridized carbons (Fsp3) is 0.545. The summed E-state index contributed by atoms with van der Waals surface area (Å²) in [5.74, 6) is 0.870. The molecule has 2 atom stereocenters. The average molecular weight is 300 g/mol. The Balaban J connectivity index is 2.17. The molecule has 0 bridgehead atoms. The van der Waals surface area contributed by atoms with Gasteiger partial charge in [0.25, 0.3) is 0 Å². The Hall–Kier alpha value is -1.17. The highest BCUT2D eigenvalue weighted by molar-refractivity contribution is 9.10. The normalized spacial score (nSPS) is 23.8. The minimum Gasteiger partial charge on any atom is -0.469 e. The second-order valence-electron chi connectivity index (χ2n) is 4.21. The zero-order valence-corrected chi connectivity index (χ0v) is 11.3. The number of esters is 1. The van der Waals surface area contributed by atoms with Gasteiger partial charge in [0, 0.05) is 19.3 Å². The van der Waals surface area contributed by atoms with Gasteiger partial charge >= 0.3 is 5.97 Å². The van der Waals surface area contributed by atoms with Crippen molar-refractivity contribution in [2.24, 2.45) is 11.8 Å². The summed E-state index contributed by atoms with van der Waals surface area (Å²) in [7, 11) is 1.43. The minimum absolute atomic E-state index is 0.0816. The highest BCUT2D eigenvalue weighted by atomic mass is 79.9. The molecular weight excluding hydrogens is 286 g/mol. The van der Waals surface area contributed by atoms with Crippen LogP contribution in [0.1, 0.15) is 6.92 Å². The summed E-state index contributed by atoms with van der Waals surface area (Å²) in [4.78, 5) is 21.8. The second kappa shape index (κ2) is 5.00. The summed E-state index contributed by atoms with van der Waals surface area (Å²) in [6.07, 6.45) is 3.22. The van der Waals surface area contributed by atoms with Crippen LogP contribution in [-0.2, 0) is 9.53 Å². The Labute approximate surface area is 108 Å². The number of carbonyl (C=O) groups is 1. The molecule has 6 heteroatoms. The summed E-state index contributed by atoms with van der Waals surface area (Å²) >= 11 is 3.42. The maximum absolute atomic E-state index is 11.6. The van der Waals surface area contributed by atoms with E-state index in [4.69, 9.17) is 4.74 Å². The Morgan fingerprint density at radius 1 is 1.59 bits per heavy atom. The highest BCUT2D eigenvalue weighted by Crippen LogP contribution is 2.31. The predicted molar refractivity (Wildman–Crippen MR) is 66.6 cm³/mol. The maximum Gasteiger partial charge on any atom is 0.310 e. The van der Waals surface area contributed by atoms with Crippen molar-refractivity contribution in [2.45, 2.75) is 6.92 Å². The number of anilines is 1. The molecular formula is C11H14BrN3O2. The van der Waals surface area contributed by atoms with Crippen LogP contribution in [0.15, 0.2) is 17.0 Å². The molecule has 1 saturated heterocycles. The van der Waals surface area contributed by atoms with E-state index in [9.17, 15) is 4.79 Å². The van der Waals surface area contributed by atoms with Gasteiger partial charge in [-0.25, -0.2) is 9.97 Å². The van der Waals surface area contributed by atoms with E-state index >= 15 is 0 Å². The summed E-state index contributed by atoms with van der Waals surface area (Å²) in [6, 6.07) is 0. The van der Waals surface area contributed by atoms with Gasteiger partial charge in [0.1, 0.15) is 12.1 Å². The SMILES string of the molecule is COC(=O)C1CN(c2ncncc2Br)CC1C. The molecule has 0 spiro atoms. The lowest BCUT2D eigenvalue weighted by molar-refractivity contribution is -0.145. The summed E-state index contributed by atoms with van der Waals surface area (Å²) in [5, 5.41) is 0. The first-order chi connectivity index (χ1) is 8.13. The summed E-state index contributed by atoms with van der Waals surface area (Å²) in [5.41, 5.74) is 0. The van der Waals surface area contributed by atoms with Gasteiger partial charge in [-0.15, -0.1) is 0 Å². The van der Waals surface area contributed by atoms with Crippen LogP contribution >= 0.6 is 15.9 Å². The zero-order valence-electron chi connectivity index (χ0n) is 9.76. The molecule has 0 aliphatic carbocycles. The molecule has 0 N–H and O–H groups in total. The van der Waals surface area contributed by atoms with E-state index in [1.54, 1.807) is 6.20 Å². The number of halogens is 1. The van der Waals surface area contributed by atoms with Gasteiger partial charge in [-0.2, -0.15) is 0 Å². The molecule has 0 radical (unpaired) electrons. The molecule has 0 saturated carbocycles. The Bertz CT molecular complexity index is 427. The van der Waals surface area contributed by atoms with E-state index in [-0.39, 0.29) is 17.8 Å². The van der Waals surface area contributed by atoms with Crippen LogP contribution < -0.4 is 4.90 Å². The van der Waals surface area contributed by atoms with E-state index in [1.807, 2.05) is 0 Å². The molecule has 0 aromatic carbocycles. The predicted octanol–water partition coefficient (Wildman–Crippen LogP) is 1.48. The topological polar surface area (TPSA) is 55.3 Å². The molecule has 1 aromatic heterocycles. The van der Waals surface area contributed by atoms with Gasteiger partial charge in [-0.1, -0.05) is 6.92 Å². The Morgan fingerprint density at radius 2 is 2.35 bits per heavy atom. The first-order valence-corrected chi connectivity index (χ1v) is 6.21. The van der Waals surface area contributed by atoms with Gasteiger partial charge < -0.3 is 9.64 Å². The first-order valence-electron chi connectivity index (χ1n) is 5.41. The van der Waals surface area contributed by atoms with Gasteiger partial charge in [0.15, 0.2) is 0 Å². The van der Waals surface area contributed by atoms with Gasteiger partial charge in [0.2, 0.25) is 0 Å². The van der Waals surface area contributed by atoms with E-state index in [1.165, 1.54) is 13.4 Å². The fourth-order valence-electron chi connectivity index (χ4n) is 2.14. The van der Waals surface area contributed by atoms with Crippen molar-refractivity contribution in [3.8, 4) is 0 Å². The number of rotatable bonds is 2. The van der Waals surface area contributed by atoms with Crippen LogP contribution in [0.3, 0.4) is 0 Å². The van der Waals surface area contributed by atoms with Crippen LogP contribution in [0, 0.1) is 11.8 Å². The van der Waals surface area contributed by atoms with Crippen molar-refractivity contribution in [2.75, 3.05) is 25.1 Å². The molecule has 17 heavy (non-hydrogen) atoms. The third kappa shape index (κ3) is 2.41. The molecule has 2 heterocycles. The van der Waals surface area contributed by atoms with Crippen molar-refractivity contribution < 1.29 is 9.53 Å². The molecule has 2 rings (SSSR count). The van der Waals surface area contributed by atoms with E-state index < -0.39 is 0 Å². The lowest BCUT2D eigenvalue weighted by atomic mass is 9.99. The number of carbonyl (C=O) groups excluding carboxylic acids is 1. The summed E-state index contributed by atoms with van der Waals surface area (Å²) < 4.78 is 5.65. The lowest BCUT2D eigenvalue weighted by Gasteiger charge is -2.17. The molecule has 1 aliphatic rings. The van der Waals surface area contributed by atoms with E-state index in [0.29, 0.717) is 6.54 Å².